The third-order valence-electron chi connectivity index (χ3n) is 4.25. The number of carbonyl (C=O) groups is 1. The van der Waals surface area contributed by atoms with Gasteiger partial charge in [0, 0.05) is 23.8 Å². The van der Waals surface area contributed by atoms with Crippen LogP contribution in [0.15, 0.2) is 78.3 Å². The van der Waals surface area contributed by atoms with Crippen LogP contribution in [0.25, 0.3) is 17.2 Å². The zero-order chi connectivity index (χ0) is 22.6. The minimum atomic E-state index is -4.49. The molecule has 0 fully saturated rings. The van der Waals surface area contributed by atoms with Crippen molar-refractivity contribution in [3.63, 3.8) is 0 Å². The van der Waals surface area contributed by atoms with E-state index in [1.807, 2.05) is 30.3 Å². The number of thioether (sulfide) groups is 1. The maximum absolute atomic E-state index is 12.9. The van der Waals surface area contributed by atoms with E-state index in [0.717, 1.165) is 29.6 Å². The molecule has 0 saturated carbocycles. The van der Waals surface area contributed by atoms with Crippen molar-refractivity contribution in [2.24, 2.45) is 0 Å². The fraction of sp³-hybridized carbons (Fsp3) is 0.0952. The van der Waals surface area contributed by atoms with Crippen LogP contribution >= 0.6 is 11.8 Å². The van der Waals surface area contributed by atoms with Gasteiger partial charge >= 0.3 is 6.18 Å². The molecule has 0 saturated heterocycles. The minimum Gasteiger partial charge on any atom is -0.325 e. The molecule has 1 amide bonds. The molecule has 0 unspecified atom stereocenters. The zero-order valence-electron chi connectivity index (χ0n) is 16.3. The average Bonchev–Trinajstić information content (AvgIpc) is 3.22. The summed E-state index contributed by atoms with van der Waals surface area (Å²) in [6.07, 6.45) is 0.145. The van der Waals surface area contributed by atoms with Crippen molar-refractivity contribution < 1.29 is 18.0 Å². The Hall–Kier alpha value is -3.73. The highest BCUT2D eigenvalue weighted by atomic mass is 32.2. The van der Waals surface area contributed by atoms with Crippen molar-refractivity contribution in [2.75, 3.05) is 11.1 Å². The molecule has 32 heavy (non-hydrogen) atoms. The Morgan fingerprint density at radius 3 is 2.56 bits per heavy atom. The highest BCUT2D eigenvalue weighted by Crippen LogP contribution is 2.31. The van der Waals surface area contributed by atoms with Gasteiger partial charge in [0.2, 0.25) is 5.91 Å². The first-order chi connectivity index (χ1) is 15.4. The number of nitrogens with zero attached hydrogens (tertiary/aromatic N) is 5. The van der Waals surface area contributed by atoms with E-state index in [1.165, 1.54) is 18.3 Å². The molecule has 0 spiro atoms. The molecule has 7 nitrogen and oxygen atoms in total. The predicted molar refractivity (Wildman–Crippen MR) is 113 cm³/mol. The molecule has 2 aromatic carbocycles. The summed E-state index contributed by atoms with van der Waals surface area (Å²) in [5.74, 6) is -0.107. The molecule has 0 bridgehead atoms. The van der Waals surface area contributed by atoms with Crippen molar-refractivity contribution in [1.82, 2.24) is 24.7 Å². The van der Waals surface area contributed by atoms with Crippen molar-refractivity contribution in [3.05, 3.63) is 78.8 Å². The smallest absolute Gasteiger partial charge is 0.325 e. The van der Waals surface area contributed by atoms with E-state index in [2.05, 4.69) is 25.5 Å². The highest BCUT2D eigenvalue weighted by Gasteiger charge is 2.30. The fourth-order valence-electron chi connectivity index (χ4n) is 2.85. The number of anilines is 1. The summed E-state index contributed by atoms with van der Waals surface area (Å²) in [4.78, 5) is 20.7. The molecule has 0 radical (unpaired) electrons. The molecule has 162 valence electrons. The van der Waals surface area contributed by atoms with Gasteiger partial charge in [0.25, 0.3) is 0 Å². The minimum absolute atomic E-state index is 0.0650. The van der Waals surface area contributed by atoms with E-state index in [0.29, 0.717) is 16.7 Å². The number of carbonyl (C=O) groups excluding carboxylic acids is 1. The number of hydrogen-bond donors (Lipinski definition) is 1. The van der Waals surface area contributed by atoms with Crippen LogP contribution in [-0.4, -0.2) is 36.4 Å². The van der Waals surface area contributed by atoms with Gasteiger partial charge in [-0.05, 0) is 30.3 Å². The lowest BCUT2D eigenvalue weighted by Crippen LogP contribution is -2.15. The lowest BCUT2D eigenvalue weighted by Gasteiger charge is -2.11. The summed E-state index contributed by atoms with van der Waals surface area (Å²) in [5.41, 5.74) is 0.499. The summed E-state index contributed by atoms with van der Waals surface area (Å²) < 4.78 is 40.4. The van der Waals surface area contributed by atoms with E-state index in [1.54, 1.807) is 17.0 Å². The fourth-order valence-corrected chi connectivity index (χ4v) is 3.61. The molecule has 2 heterocycles. The largest absolute Gasteiger partial charge is 0.416 e. The molecule has 0 aliphatic heterocycles. The second-order valence-corrected chi connectivity index (χ2v) is 7.43. The number of halogens is 3. The van der Waals surface area contributed by atoms with Crippen molar-refractivity contribution >= 4 is 23.4 Å². The summed E-state index contributed by atoms with van der Waals surface area (Å²) in [5, 5.41) is 11.3. The van der Waals surface area contributed by atoms with Gasteiger partial charge < -0.3 is 5.32 Å². The number of rotatable bonds is 6. The van der Waals surface area contributed by atoms with Crippen molar-refractivity contribution in [1.29, 1.82) is 0 Å². The number of amides is 1. The standard InChI is InChI=1S/C21H15F3N6OS/c22-21(23,24)14-5-4-6-15(11-14)27-18(31)13-32-20-29-28-19(17-12-25-9-10-26-17)30(20)16-7-2-1-3-8-16/h1-12H,13H2,(H,27,31). The van der Waals surface area contributed by atoms with Gasteiger partial charge in [-0.25, -0.2) is 4.98 Å². The normalized spacial score (nSPS) is 11.3. The Labute approximate surface area is 184 Å². The number of alkyl halides is 3. The lowest BCUT2D eigenvalue weighted by molar-refractivity contribution is -0.137. The van der Waals surface area contributed by atoms with E-state index in [-0.39, 0.29) is 11.4 Å². The number of hydrogen-bond acceptors (Lipinski definition) is 6. The predicted octanol–water partition coefficient (Wildman–Crippen LogP) is 4.47. The highest BCUT2D eigenvalue weighted by molar-refractivity contribution is 7.99. The average molecular weight is 456 g/mol. The number of benzene rings is 2. The lowest BCUT2D eigenvalue weighted by atomic mass is 10.2. The van der Waals surface area contributed by atoms with Crippen LogP contribution < -0.4 is 5.32 Å². The van der Waals surface area contributed by atoms with Gasteiger partial charge in [0.05, 0.1) is 17.5 Å². The first-order valence-electron chi connectivity index (χ1n) is 9.29. The Bertz CT molecular complexity index is 1220. The van der Waals surface area contributed by atoms with Gasteiger partial charge in [0.15, 0.2) is 11.0 Å². The summed E-state index contributed by atoms with van der Waals surface area (Å²) in [6.45, 7) is 0. The molecule has 4 aromatic rings. The van der Waals surface area contributed by atoms with Gasteiger partial charge in [-0.3, -0.25) is 14.3 Å². The molecular weight excluding hydrogens is 441 g/mol. The topological polar surface area (TPSA) is 85.6 Å². The van der Waals surface area contributed by atoms with Gasteiger partial charge in [-0.2, -0.15) is 13.2 Å². The molecule has 2 aromatic heterocycles. The van der Waals surface area contributed by atoms with Crippen LogP contribution in [0.2, 0.25) is 0 Å². The SMILES string of the molecule is O=C(CSc1nnc(-c2cnccn2)n1-c1ccccc1)Nc1cccc(C(F)(F)F)c1. The molecule has 0 aliphatic carbocycles. The third-order valence-corrected chi connectivity index (χ3v) is 5.17. The summed E-state index contributed by atoms with van der Waals surface area (Å²) in [7, 11) is 0. The second-order valence-electron chi connectivity index (χ2n) is 6.48. The van der Waals surface area contributed by atoms with E-state index in [4.69, 9.17) is 0 Å². The molecular formula is C21H15F3N6OS. The monoisotopic (exact) mass is 456 g/mol. The van der Waals surface area contributed by atoms with E-state index >= 15 is 0 Å². The molecule has 4 rings (SSSR count). The van der Waals surface area contributed by atoms with Crippen LogP contribution in [0, 0.1) is 0 Å². The number of para-hydroxylation sites is 1. The first kappa shape index (κ1) is 21.5. The quantitative estimate of drug-likeness (QED) is 0.431. The number of nitrogens with one attached hydrogen (secondary N) is 1. The second kappa shape index (κ2) is 9.18. The molecule has 11 heteroatoms. The molecule has 1 N–H and O–H groups in total. The van der Waals surface area contributed by atoms with Crippen LogP contribution in [-0.2, 0) is 11.0 Å². The van der Waals surface area contributed by atoms with Crippen molar-refractivity contribution in [3.8, 4) is 17.2 Å². The van der Waals surface area contributed by atoms with E-state index < -0.39 is 17.6 Å². The Morgan fingerprint density at radius 2 is 1.84 bits per heavy atom. The number of aromatic nitrogens is 5. The Balaban J connectivity index is 1.54. The maximum Gasteiger partial charge on any atom is 0.416 e. The summed E-state index contributed by atoms with van der Waals surface area (Å²) >= 11 is 1.10. The van der Waals surface area contributed by atoms with Gasteiger partial charge in [0.1, 0.15) is 5.69 Å². The maximum atomic E-state index is 12.9. The zero-order valence-corrected chi connectivity index (χ0v) is 17.1. The molecule has 0 atom stereocenters. The third kappa shape index (κ3) is 4.94. The Kier molecular flexibility index (Phi) is 6.17. The summed E-state index contributed by atoms with van der Waals surface area (Å²) in [6, 6.07) is 13.8. The van der Waals surface area contributed by atoms with E-state index in [9.17, 15) is 18.0 Å². The van der Waals surface area contributed by atoms with Gasteiger partial charge in [-0.15, -0.1) is 10.2 Å². The van der Waals surface area contributed by atoms with Crippen LogP contribution in [0.1, 0.15) is 5.56 Å². The van der Waals surface area contributed by atoms with Crippen LogP contribution in [0.3, 0.4) is 0 Å². The Morgan fingerprint density at radius 1 is 1.03 bits per heavy atom. The van der Waals surface area contributed by atoms with Crippen LogP contribution in [0.5, 0.6) is 0 Å². The van der Waals surface area contributed by atoms with Gasteiger partial charge in [-0.1, -0.05) is 36.0 Å². The first-order valence-corrected chi connectivity index (χ1v) is 10.3. The van der Waals surface area contributed by atoms with Crippen LogP contribution in [0.4, 0.5) is 18.9 Å². The van der Waals surface area contributed by atoms with Crippen molar-refractivity contribution in [2.45, 2.75) is 11.3 Å². The molecule has 0 aliphatic rings.